The molecule has 1 N–H and O–H groups in total. The fraction of sp³-hybridized carbons (Fsp3) is 0.429. The first-order valence-electron chi connectivity index (χ1n) is 9.74. The molecule has 0 spiro atoms. The highest BCUT2D eigenvalue weighted by Gasteiger charge is 2.23. The largest absolute Gasteiger partial charge is 0.481 e. The van der Waals surface area contributed by atoms with Crippen LogP contribution in [-0.4, -0.2) is 33.7 Å². The van der Waals surface area contributed by atoms with Crippen molar-refractivity contribution in [3.05, 3.63) is 40.4 Å². The molecule has 7 heteroatoms. The summed E-state index contributed by atoms with van der Waals surface area (Å²) in [5, 5.41) is 3.91. The van der Waals surface area contributed by atoms with Gasteiger partial charge in [-0.15, -0.1) is 0 Å². The number of rotatable bonds is 4. The second-order valence-electron chi connectivity index (χ2n) is 7.23. The summed E-state index contributed by atoms with van der Waals surface area (Å²) >= 11 is 0. The number of nitrogens with one attached hydrogen (secondary N) is 1. The molecule has 0 aliphatic heterocycles. The Morgan fingerprint density at radius 2 is 1.96 bits per heavy atom. The van der Waals surface area contributed by atoms with Crippen molar-refractivity contribution in [2.45, 2.75) is 45.1 Å². The molecule has 1 aliphatic carbocycles. The molecule has 1 fully saturated rings. The summed E-state index contributed by atoms with van der Waals surface area (Å²) in [4.78, 5) is 27.0. The average Bonchev–Trinajstić information content (AvgIpc) is 2.74. The molecule has 146 valence electrons. The highest BCUT2D eigenvalue weighted by molar-refractivity contribution is 5.84. The fourth-order valence-electron chi connectivity index (χ4n) is 4.01. The van der Waals surface area contributed by atoms with E-state index in [1.165, 1.54) is 6.42 Å². The topological polar surface area (TPSA) is 81.9 Å². The van der Waals surface area contributed by atoms with Crippen molar-refractivity contribution < 1.29 is 4.74 Å². The molecule has 0 bridgehead atoms. The summed E-state index contributed by atoms with van der Waals surface area (Å²) in [7, 11) is 3.37. The van der Waals surface area contributed by atoms with Gasteiger partial charge in [0.25, 0.3) is 5.56 Å². The molecule has 28 heavy (non-hydrogen) atoms. The van der Waals surface area contributed by atoms with Gasteiger partial charge in [-0.3, -0.25) is 9.36 Å². The van der Waals surface area contributed by atoms with E-state index >= 15 is 0 Å². The van der Waals surface area contributed by atoms with Crippen LogP contribution in [0, 0.1) is 6.92 Å². The number of fused-ring (bicyclic) bond motifs is 1. The Balaban J connectivity index is 1.99. The first kappa shape index (κ1) is 18.4. The molecule has 1 aliphatic rings. The van der Waals surface area contributed by atoms with Gasteiger partial charge >= 0.3 is 0 Å². The summed E-state index contributed by atoms with van der Waals surface area (Å²) in [5.41, 5.74) is 2.93. The van der Waals surface area contributed by atoms with Crippen LogP contribution >= 0.6 is 0 Å². The molecule has 0 saturated heterocycles. The number of hydrogen-bond acceptors (Lipinski definition) is 6. The number of pyridine rings is 2. The normalized spacial score (nSPS) is 15.0. The minimum Gasteiger partial charge on any atom is -0.481 e. The van der Waals surface area contributed by atoms with Crippen LogP contribution in [0.3, 0.4) is 0 Å². The van der Waals surface area contributed by atoms with Gasteiger partial charge in [0.05, 0.1) is 12.8 Å². The number of aromatic nitrogens is 4. The SMILES string of the molecule is CNc1nc(C)c2cc(-c3ccc(OC)nc3)c(=O)n(C3CCCCC3)c2n1. The summed E-state index contributed by atoms with van der Waals surface area (Å²) in [6.07, 6.45) is 7.17. The van der Waals surface area contributed by atoms with Crippen LogP contribution in [0.15, 0.2) is 29.2 Å². The number of hydrogen-bond donors (Lipinski definition) is 1. The molecule has 1 saturated carbocycles. The van der Waals surface area contributed by atoms with Crippen LogP contribution in [-0.2, 0) is 0 Å². The molecule has 0 unspecified atom stereocenters. The van der Waals surface area contributed by atoms with Crippen LogP contribution in [0.1, 0.15) is 43.8 Å². The lowest BCUT2D eigenvalue weighted by molar-refractivity contribution is 0.353. The molecule has 0 amide bonds. The van der Waals surface area contributed by atoms with Crippen LogP contribution in [0.2, 0.25) is 0 Å². The van der Waals surface area contributed by atoms with E-state index in [-0.39, 0.29) is 11.6 Å². The maximum Gasteiger partial charge on any atom is 0.260 e. The van der Waals surface area contributed by atoms with Crippen molar-refractivity contribution in [1.29, 1.82) is 0 Å². The van der Waals surface area contributed by atoms with E-state index in [9.17, 15) is 4.79 Å². The zero-order valence-electron chi connectivity index (χ0n) is 16.5. The quantitative estimate of drug-likeness (QED) is 0.744. The van der Waals surface area contributed by atoms with Gasteiger partial charge in [0, 0.05) is 41.9 Å². The minimum absolute atomic E-state index is 0.0217. The van der Waals surface area contributed by atoms with E-state index in [4.69, 9.17) is 4.74 Å². The maximum atomic E-state index is 13.6. The van der Waals surface area contributed by atoms with Gasteiger partial charge in [0.1, 0.15) is 5.65 Å². The van der Waals surface area contributed by atoms with E-state index in [0.29, 0.717) is 23.0 Å². The van der Waals surface area contributed by atoms with Crippen molar-refractivity contribution in [2.24, 2.45) is 0 Å². The monoisotopic (exact) mass is 379 g/mol. The van der Waals surface area contributed by atoms with Crippen molar-refractivity contribution in [2.75, 3.05) is 19.5 Å². The minimum atomic E-state index is -0.0217. The molecule has 0 radical (unpaired) electrons. The molecule has 3 heterocycles. The third-order valence-corrected chi connectivity index (χ3v) is 5.50. The Hall–Kier alpha value is -2.96. The highest BCUT2D eigenvalue weighted by atomic mass is 16.5. The Bertz CT molecular complexity index is 1050. The summed E-state index contributed by atoms with van der Waals surface area (Å²) in [6, 6.07) is 5.71. The van der Waals surface area contributed by atoms with Crippen molar-refractivity contribution >= 4 is 17.0 Å². The molecule has 4 rings (SSSR count). The van der Waals surface area contributed by atoms with Gasteiger partial charge in [0.2, 0.25) is 11.8 Å². The first-order valence-corrected chi connectivity index (χ1v) is 9.74. The van der Waals surface area contributed by atoms with E-state index in [2.05, 4.69) is 20.3 Å². The first-order chi connectivity index (χ1) is 13.6. The van der Waals surface area contributed by atoms with Crippen molar-refractivity contribution in [3.8, 4) is 17.0 Å². The predicted octanol–water partition coefficient (Wildman–Crippen LogP) is 3.72. The van der Waals surface area contributed by atoms with Gasteiger partial charge in [-0.2, -0.15) is 4.98 Å². The molecule has 7 nitrogen and oxygen atoms in total. The Morgan fingerprint density at radius 1 is 1.18 bits per heavy atom. The average molecular weight is 379 g/mol. The van der Waals surface area contributed by atoms with E-state index in [1.807, 2.05) is 23.6 Å². The summed E-state index contributed by atoms with van der Waals surface area (Å²) < 4.78 is 7.04. The lowest BCUT2D eigenvalue weighted by Crippen LogP contribution is -2.29. The standard InChI is InChI=1S/C21H25N5O2/c1-13-16-11-17(14-9-10-18(28-3)23-12-14)20(27)26(15-7-5-4-6-8-15)19(16)25-21(22-2)24-13/h9-12,15H,4-8H2,1-3H3,(H,22,24,25). The van der Waals surface area contributed by atoms with E-state index in [0.717, 1.165) is 42.3 Å². The molecular formula is C21H25N5O2. The molecule has 3 aromatic heterocycles. The highest BCUT2D eigenvalue weighted by Crippen LogP contribution is 2.31. The second kappa shape index (κ2) is 7.58. The zero-order valence-corrected chi connectivity index (χ0v) is 16.5. The van der Waals surface area contributed by atoms with E-state index < -0.39 is 0 Å². The van der Waals surface area contributed by atoms with Gasteiger partial charge < -0.3 is 10.1 Å². The Morgan fingerprint density at radius 3 is 2.61 bits per heavy atom. The smallest absolute Gasteiger partial charge is 0.260 e. The number of ether oxygens (including phenoxy) is 1. The van der Waals surface area contributed by atoms with Gasteiger partial charge in [-0.1, -0.05) is 19.3 Å². The molecule has 0 atom stereocenters. The van der Waals surface area contributed by atoms with Crippen LogP contribution in [0.4, 0.5) is 5.95 Å². The maximum absolute atomic E-state index is 13.6. The van der Waals surface area contributed by atoms with Crippen LogP contribution in [0.5, 0.6) is 5.88 Å². The second-order valence-corrected chi connectivity index (χ2v) is 7.23. The van der Waals surface area contributed by atoms with Gasteiger partial charge in [0.15, 0.2) is 0 Å². The van der Waals surface area contributed by atoms with Crippen molar-refractivity contribution in [1.82, 2.24) is 19.5 Å². The lowest BCUT2D eigenvalue weighted by Gasteiger charge is -2.26. The third-order valence-electron chi connectivity index (χ3n) is 5.50. The molecule has 3 aromatic rings. The number of aryl methyl sites for hydroxylation is 1. The van der Waals surface area contributed by atoms with Crippen LogP contribution < -0.4 is 15.6 Å². The zero-order chi connectivity index (χ0) is 19.7. The number of anilines is 1. The van der Waals surface area contributed by atoms with Crippen molar-refractivity contribution in [3.63, 3.8) is 0 Å². The van der Waals surface area contributed by atoms with Crippen LogP contribution in [0.25, 0.3) is 22.2 Å². The fourth-order valence-corrected chi connectivity index (χ4v) is 4.01. The number of methoxy groups -OCH3 is 1. The number of nitrogens with zero attached hydrogens (tertiary/aromatic N) is 4. The Kier molecular flexibility index (Phi) is 4.98. The molecular weight excluding hydrogens is 354 g/mol. The van der Waals surface area contributed by atoms with E-state index in [1.54, 1.807) is 26.4 Å². The Labute approximate surface area is 163 Å². The van der Waals surface area contributed by atoms with Gasteiger partial charge in [-0.25, -0.2) is 9.97 Å². The lowest BCUT2D eigenvalue weighted by atomic mass is 9.94. The summed E-state index contributed by atoms with van der Waals surface area (Å²) in [5.74, 6) is 1.06. The summed E-state index contributed by atoms with van der Waals surface area (Å²) in [6.45, 7) is 1.95. The molecule has 0 aromatic carbocycles. The predicted molar refractivity (Wildman–Crippen MR) is 110 cm³/mol. The third kappa shape index (κ3) is 3.21. The van der Waals surface area contributed by atoms with Gasteiger partial charge in [-0.05, 0) is 31.9 Å².